The molecule has 1 atom stereocenters. The van der Waals surface area contributed by atoms with Crippen LogP contribution in [0.5, 0.6) is 0 Å². The number of carbonyl (C=O) groups excluding carboxylic acids is 1. The van der Waals surface area contributed by atoms with E-state index in [1.165, 1.54) is 16.4 Å². The molecule has 0 saturated carbocycles. The van der Waals surface area contributed by atoms with Crippen LogP contribution in [-0.2, 0) is 14.8 Å². The van der Waals surface area contributed by atoms with E-state index in [4.69, 9.17) is 0 Å². The number of hydrogen-bond donors (Lipinski definition) is 1. The van der Waals surface area contributed by atoms with Crippen molar-refractivity contribution in [1.29, 1.82) is 0 Å². The fourth-order valence-corrected chi connectivity index (χ4v) is 4.78. The topological polar surface area (TPSA) is 66.5 Å². The number of anilines is 1. The van der Waals surface area contributed by atoms with E-state index in [2.05, 4.69) is 5.32 Å². The highest BCUT2D eigenvalue weighted by atomic mass is 32.2. The molecular weight excluding hydrogens is 367 g/mol. The van der Waals surface area contributed by atoms with E-state index in [1.807, 2.05) is 32.0 Å². The van der Waals surface area contributed by atoms with Crippen molar-refractivity contribution in [1.82, 2.24) is 4.31 Å². The van der Waals surface area contributed by atoms with Gasteiger partial charge in [-0.3, -0.25) is 4.79 Å². The first-order chi connectivity index (χ1) is 12.8. The van der Waals surface area contributed by atoms with Crippen molar-refractivity contribution in [2.24, 2.45) is 5.92 Å². The number of amides is 1. The number of nitrogens with one attached hydrogen (secondary N) is 1. The van der Waals surface area contributed by atoms with E-state index in [0.29, 0.717) is 19.4 Å². The SMILES string of the molecule is Cc1cccc(NC(=O)[C@H]2CCCN(S(=O)(=O)c3ccc(F)cc3)C2)c1C. The van der Waals surface area contributed by atoms with Crippen LogP contribution in [0, 0.1) is 25.6 Å². The second kappa shape index (κ2) is 7.78. The number of sulfonamides is 1. The molecule has 0 aromatic heterocycles. The number of carbonyl (C=O) groups is 1. The van der Waals surface area contributed by atoms with Gasteiger partial charge in [0.25, 0.3) is 0 Å². The molecule has 27 heavy (non-hydrogen) atoms. The average Bonchev–Trinajstić information content (AvgIpc) is 2.66. The predicted octanol–water partition coefficient (Wildman–Crippen LogP) is 3.48. The van der Waals surface area contributed by atoms with Crippen molar-refractivity contribution in [3.8, 4) is 0 Å². The Balaban J connectivity index is 1.74. The Bertz CT molecular complexity index is 942. The molecule has 0 unspecified atom stereocenters. The summed E-state index contributed by atoms with van der Waals surface area (Å²) in [6.07, 6.45) is 1.23. The zero-order valence-corrected chi connectivity index (χ0v) is 16.2. The molecule has 1 aliphatic heterocycles. The quantitative estimate of drug-likeness (QED) is 0.869. The highest BCUT2D eigenvalue weighted by Gasteiger charge is 2.33. The van der Waals surface area contributed by atoms with Gasteiger partial charge in [0.1, 0.15) is 5.82 Å². The first-order valence-electron chi connectivity index (χ1n) is 8.92. The standard InChI is InChI=1S/C20H23FN2O3S/c1-14-5-3-7-19(15(14)2)22-20(24)16-6-4-12-23(13-16)27(25,26)18-10-8-17(21)9-11-18/h3,5,7-11,16H,4,6,12-13H2,1-2H3,(H,22,24)/t16-/m0/s1. The molecule has 1 aliphatic rings. The minimum absolute atomic E-state index is 0.0412. The molecule has 3 rings (SSSR count). The number of benzene rings is 2. The molecule has 1 N–H and O–H groups in total. The Hall–Kier alpha value is -2.25. The number of halogens is 1. The molecule has 5 nitrogen and oxygen atoms in total. The van der Waals surface area contributed by atoms with Gasteiger partial charge in [-0.15, -0.1) is 0 Å². The van der Waals surface area contributed by atoms with Gasteiger partial charge in [-0.1, -0.05) is 12.1 Å². The molecule has 144 valence electrons. The Morgan fingerprint density at radius 1 is 1.15 bits per heavy atom. The molecule has 0 radical (unpaired) electrons. The van der Waals surface area contributed by atoms with Crippen molar-refractivity contribution in [3.63, 3.8) is 0 Å². The third-order valence-corrected chi connectivity index (χ3v) is 6.95. The summed E-state index contributed by atoms with van der Waals surface area (Å²) in [4.78, 5) is 12.7. The van der Waals surface area contributed by atoms with Gasteiger partial charge in [0.15, 0.2) is 0 Å². The van der Waals surface area contributed by atoms with Gasteiger partial charge >= 0.3 is 0 Å². The number of hydrogen-bond acceptors (Lipinski definition) is 3. The van der Waals surface area contributed by atoms with Gasteiger partial charge in [-0.25, -0.2) is 12.8 Å². The molecule has 0 bridgehead atoms. The van der Waals surface area contributed by atoms with Crippen LogP contribution in [0.25, 0.3) is 0 Å². The van der Waals surface area contributed by atoms with E-state index in [0.717, 1.165) is 28.9 Å². The van der Waals surface area contributed by atoms with E-state index >= 15 is 0 Å². The second-order valence-corrected chi connectivity index (χ2v) is 8.83. The molecule has 0 spiro atoms. The molecule has 1 saturated heterocycles. The maximum atomic E-state index is 13.1. The van der Waals surface area contributed by atoms with Crippen LogP contribution in [0.3, 0.4) is 0 Å². The largest absolute Gasteiger partial charge is 0.326 e. The Morgan fingerprint density at radius 2 is 1.85 bits per heavy atom. The monoisotopic (exact) mass is 390 g/mol. The molecule has 2 aromatic carbocycles. The van der Waals surface area contributed by atoms with Crippen LogP contribution in [0.15, 0.2) is 47.4 Å². The Labute approximate surface area is 159 Å². The lowest BCUT2D eigenvalue weighted by molar-refractivity contribution is -0.120. The molecule has 0 aliphatic carbocycles. The average molecular weight is 390 g/mol. The molecule has 7 heteroatoms. The highest BCUT2D eigenvalue weighted by molar-refractivity contribution is 7.89. The van der Waals surface area contributed by atoms with Gasteiger partial charge in [0.2, 0.25) is 15.9 Å². The van der Waals surface area contributed by atoms with Gasteiger partial charge in [0, 0.05) is 18.8 Å². The third kappa shape index (κ3) is 4.20. The number of aryl methyl sites for hydroxylation is 1. The number of piperidine rings is 1. The van der Waals surface area contributed by atoms with E-state index in [-0.39, 0.29) is 17.3 Å². The number of nitrogens with zero attached hydrogens (tertiary/aromatic N) is 1. The fourth-order valence-electron chi connectivity index (χ4n) is 3.25. The Kier molecular flexibility index (Phi) is 5.62. The first-order valence-corrected chi connectivity index (χ1v) is 10.4. The summed E-state index contributed by atoms with van der Waals surface area (Å²) in [6.45, 7) is 4.39. The van der Waals surface area contributed by atoms with Crippen LogP contribution in [-0.4, -0.2) is 31.7 Å². The van der Waals surface area contributed by atoms with Gasteiger partial charge in [-0.05, 0) is 68.1 Å². The normalized spacial score (nSPS) is 18.3. The molecule has 2 aromatic rings. The van der Waals surface area contributed by atoms with Crippen molar-refractivity contribution >= 4 is 21.6 Å². The summed E-state index contributed by atoms with van der Waals surface area (Å²) < 4.78 is 40.0. The molecule has 1 fully saturated rings. The third-order valence-electron chi connectivity index (χ3n) is 5.07. The second-order valence-electron chi connectivity index (χ2n) is 6.89. The van der Waals surface area contributed by atoms with E-state index in [9.17, 15) is 17.6 Å². The Morgan fingerprint density at radius 3 is 2.56 bits per heavy atom. The lowest BCUT2D eigenvalue weighted by Crippen LogP contribution is -2.43. The lowest BCUT2D eigenvalue weighted by Gasteiger charge is -2.31. The maximum Gasteiger partial charge on any atom is 0.243 e. The van der Waals surface area contributed by atoms with Gasteiger partial charge in [-0.2, -0.15) is 4.31 Å². The van der Waals surface area contributed by atoms with Gasteiger partial charge < -0.3 is 5.32 Å². The van der Waals surface area contributed by atoms with Crippen LogP contribution in [0.2, 0.25) is 0 Å². The van der Waals surface area contributed by atoms with Crippen LogP contribution in [0.4, 0.5) is 10.1 Å². The number of rotatable bonds is 4. The van der Waals surface area contributed by atoms with Crippen molar-refractivity contribution in [2.75, 3.05) is 18.4 Å². The van der Waals surface area contributed by atoms with Crippen LogP contribution >= 0.6 is 0 Å². The highest BCUT2D eigenvalue weighted by Crippen LogP contribution is 2.26. The summed E-state index contributed by atoms with van der Waals surface area (Å²) >= 11 is 0. The predicted molar refractivity (Wildman–Crippen MR) is 102 cm³/mol. The fraction of sp³-hybridized carbons (Fsp3) is 0.350. The minimum atomic E-state index is -3.75. The van der Waals surface area contributed by atoms with E-state index < -0.39 is 21.8 Å². The minimum Gasteiger partial charge on any atom is -0.326 e. The summed E-state index contributed by atoms with van der Waals surface area (Å²) in [5.74, 6) is -1.09. The summed E-state index contributed by atoms with van der Waals surface area (Å²) in [6, 6.07) is 10.5. The maximum absolute atomic E-state index is 13.1. The summed E-state index contributed by atoms with van der Waals surface area (Å²) in [5.41, 5.74) is 2.83. The van der Waals surface area contributed by atoms with Crippen LogP contribution < -0.4 is 5.32 Å². The smallest absolute Gasteiger partial charge is 0.243 e. The molecular formula is C20H23FN2O3S. The zero-order valence-electron chi connectivity index (χ0n) is 15.4. The summed E-state index contributed by atoms with van der Waals surface area (Å²) in [5, 5.41) is 2.93. The lowest BCUT2D eigenvalue weighted by atomic mass is 9.98. The van der Waals surface area contributed by atoms with Crippen LogP contribution in [0.1, 0.15) is 24.0 Å². The van der Waals surface area contributed by atoms with E-state index in [1.54, 1.807) is 0 Å². The summed E-state index contributed by atoms with van der Waals surface area (Å²) in [7, 11) is -3.75. The van der Waals surface area contributed by atoms with Gasteiger partial charge in [0.05, 0.1) is 10.8 Å². The van der Waals surface area contributed by atoms with Crippen molar-refractivity contribution in [3.05, 3.63) is 59.4 Å². The van der Waals surface area contributed by atoms with Crippen molar-refractivity contribution in [2.45, 2.75) is 31.6 Å². The van der Waals surface area contributed by atoms with Crippen molar-refractivity contribution < 1.29 is 17.6 Å². The first kappa shape index (κ1) is 19.5. The zero-order chi connectivity index (χ0) is 19.6. The molecule has 1 heterocycles. The molecule has 1 amide bonds.